The Bertz CT molecular complexity index is 1980. The molecule has 0 radical (unpaired) electrons. The monoisotopic (exact) mass is 756 g/mol. The van der Waals surface area contributed by atoms with Crippen molar-refractivity contribution < 1.29 is 44.3 Å². The summed E-state index contributed by atoms with van der Waals surface area (Å²) in [6.07, 6.45) is -4.74. The van der Waals surface area contributed by atoms with Gasteiger partial charge in [-0.3, -0.25) is 9.59 Å². The Morgan fingerprint density at radius 2 is 1.32 bits per heavy atom. The van der Waals surface area contributed by atoms with Crippen molar-refractivity contribution in [3.05, 3.63) is 106 Å². The van der Waals surface area contributed by atoms with Gasteiger partial charge in [0.05, 0.1) is 32.4 Å². The molecule has 1 aliphatic heterocycles. The molecule has 1 heterocycles. The summed E-state index contributed by atoms with van der Waals surface area (Å²) in [4.78, 5) is 26.9. The van der Waals surface area contributed by atoms with Crippen LogP contribution in [-0.2, 0) is 28.6 Å². The number of fused-ring (bicyclic) bond motifs is 2. The lowest BCUT2D eigenvalue weighted by Gasteiger charge is -2.32. The molecule has 1 aliphatic carbocycles. The molecule has 0 fully saturated rings. The molecule has 2 aliphatic rings. The molecular weight excluding hydrogens is 727 g/mol. The van der Waals surface area contributed by atoms with Crippen molar-refractivity contribution in [2.24, 2.45) is 17.4 Å². The maximum absolute atomic E-state index is 13.9. The normalized spacial score (nSPS) is 18.1. The quantitative estimate of drug-likeness (QED) is 0.140. The molecule has 6 N–H and O–H groups in total. The predicted octanol–water partition coefficient (Wildman–Crippen LogP) is 6.28. The molecule has 2 atom stereocenters. The van der Waals surface area contributed by atoms with E-state index in [9.17, 15) is 44.3 Å². The van der Waals surface area contributed by atoms with Crippen molar-refractivity contribution in [3.63, 3.8) is 0 Å². The Morgan fingerprint density at radius 3 is 1.84 bits per heavy atom. The fraction of sp³-hybridized carbons (Fsp3) is 0.273. The van der Waals surface area contributed by atoms with Crippen molar-refractivity contribution >= 4 is 50.9 Å². The summed E-state index contributed by atoms with van der Waals surface area (Å²) in [5.74, 6) is -1.62. The number of carbonyl (C=O) groups is 2. The summed E-state index contributed by atoms with van der Waals surface area (Å²) in [5.41, 5.74) is 9.03. The number of thioether (sulfide) groups is 2. The van der Waals surface area contributed by atoms with E-state index in [0.29, 0.717) is 17.1 Å². The summed E-state index contributed by atoms with van der Waals surface area (Å²) in [5, 5.41) is 3.87. The first-order valence-electron chi connectivity index (χ1n) is 15.0. The molecule has 0 spiro atoms. The highest BCUT2D eigenvalue weighted by molar-refractivity contribution is 7.99. The van der Waals surface area contributed by atoms with Gasteiger partial charge in [0.15, 0.2) is 9.84 Å². The first kappa shape index (κ1) is 37.5. The van der Waals surface area contributed by atoms with Gasteiger partial charge < -0.3 is 22.1 Å². The first-order chi connectivity index (χ1) is 23.5. The number of carbonyl (C=O) groups excluding carboxylic acids is 2. The van der Waals surface area contributed by atoms with Gasteiger partial charge >= 0.3 is 12.4 Å². The van der Waals surface area contributed by atoms with Crippen LogP contribution >= 0.6 is 23.5 Å². The number of alkyl halides is 6. The number of anilines is 1. The maximum Gasteiger partial charge on any atom is 0.416 e. The highest BCUT2D eigenvalue weighted by Crippen LogP contribution is 2.40. The zero-order valence-corrected chi connectivity index (χ0v) is 28.3. The lowest BCUT2D eigenvalue weighted by Crippen LogP contribution is -2.37. The van der Waals surface area contributed by atoms with E-state index in [2.05, 4.69) is 10.6 Å². The fourth-order valence-electron chi connectivity index (χ4n) is 5.50. The van der Waals surface area contributed by atoms with Crippen molar-refractivity contribution in [1.29, 1.82) is 0 Å². The van der Waals surface area contributed by atoms with Crippen LogP contribution in [-0.4, -0.2) is 50.1 Å². The van der Waals surface area contributed by atoms with Crippen LogP contribution in [0.25, 0.3) is 0 Å². The molecule has 2 amide bonds. The third-order valence-corrected chi connectivity index (χ3v) is 12.3. The summed E-state index contributed by atoms with van der Waals surface area (Å²) in [6.45, 7) is 0.432. The molecular formula is C33H30F6N4O4S3. The van der Waals surface area contributed by atoms with Gasteiger partial charge in [0.1, 0.15) is 0 Å². The highest BCUT2D eigenvalue weighted by Gasteiger charge is 2.40. The Kier molecular flexibility index (Phi) is 11.1. The Balaban J connectivity index is 1.40. The van der Waals surface area contributed by atoms with Gasteiger partial charge in [0.25, 0.3) is 11.8 Å². The minimum Gasteiger partial charge on any atom is -0.330 e. The van der Waals surface area contributed by atoms with Crippen LogP contribution < -0.4 is 22.1 Å². The maximum atomic E-state index is 13.9. The van der Waals surface area contributed by atoms with Crippen molar-refractivity contribution in [2.45, 2.75) is 38.7 Å². The number of hydrogen-bond acceptors (Lipinski definition) is 8. The molecule has 3 aromatic carbocycles. The number of nitrogens with one attached hydrogen (secondary N) is 2. The van der Waals surface area contributed by atoms with Gasteiger partial charge in [-0.05, 0) is 72.7 Å². The van der Waals surface area contributed by atoms with E-state index in [-0.39, 0.29) is 56.7 Å². The van der Waals surface area contributed by atoms with Crippen molar-refractivity contribution in [1.82, 2.24) is 5.32 Å². The third kappa shape index (κ3) is 8.23. The number of halogens is 6. The zero-order chi connectivity index (χ0) is 36.4. The largest absolute Gasteiger partial charge is 0.416 e. The van der Waals surface area contributed by atoms with Gasteiger partial charge in [-0.25, -0.2) is 8.42 Å². The van der Waals surface area contributed by atoms with Gasteiger partial charge in [-0.2, -0.15) is 26.3 Å². The van der Waals surface area contributed by atoms with Crippen LogP contribution in [0.5, 0.6) is 0 Å². The van der Waals surface area contributed by atoms with Gasteiger partial charge in [-0.15, -0.1) is 23.5 Å². The van der Waals surface area contributed by atoms with Crippen LogP contribution in [0.3, 0.4) is 0 Å². The molecule has 5 rings (SSSR count). The molecule has 0 aromatic heterocycles. The summed E-state index contributed by atoms with van der Waals surface area (Å²) >= 11 is 2.20. The minimum atomic E-state index is -4.71. The number of hydrogen-bond donors (Lipinski definition) is 4. The lowest BCUT2D eigenvalue weighted by molar-refractivity contribution is -0.138. The Morgan fingerprint density at radius 1 is 0.780 bits per heavy atom. The van der Waals surface area contributed by atoms with Crippen LogP contribution in [0.4, 0.5) is 32.0 Å². The number of rotatable bonds is 10. The van der Waals surface area contributed by atoms with Gasteiger partial charge in [0.2, 0.25) is 0 Å². The van der Waals surface area contributed by atoms with E-state index >= 15 is 0 Å². The second-order valence-corrected chi connectivity index (χ2v) is 15.6. The summed E-state index contributed by atoms with van der Waals surface area (Å²) < 4.78 is 109. The molecule has 2 unspecified atom stereocenters. The average Bonchev–Trinajstić information content (AvgIpc) is 3.06. The minimum absolute atomic E-state index is 0.0267. The number of allylic oxidation sites excluding steroid dienone is 2. The molecule has 0 bridgehead atoms. The van der Waals surface area contributed by atoms with Crippen molar-refractivity contribution in [3.8, 4) is 0 Å². The van der Waals surface area contributed by atoms with Gasteiger partial charge in [-0.1, -0.05) is 12.1 Å². The predicted molar refractivity (Wildman–Crippen MR) is 180 cm³/mol. The second kappa shape index (κ2) is 14.8. The summed E-state index contributed by atoms with van der Waals surface area (Å²) in [6, 6.07) is 9.74. The molecule has 17 heteroatoms. The van der Waals surface area contributed by atoms with E-state index in [4.69, 9.17) is 11.5 Å². The SMILES string of the molecule is NCCSc1ccc(C(F)(F)F)cc1C(=O)NC1=CC2C(C=C1)Cc1ccc(NC(=O)c3cc(C(F)(F)F)ccc3SCCN)cc1S2(=O)=O. The molecule has 0 saturated carbocycles. The highest BCUT2D eigenvalue weighted by atomic mass is 32.2. The topological polar surface area (TPSA) is 144 Å². The van der Waals surface area contributed by atoms with E-state index in [1.54, 1.807) is 6.08 Å². The van der Waals surface area contributed by atoms with Crippen LogP contribution in [0, 0.1) is 5.92 Å². The van der Waals surface area contributed by atoms with Crippen molar-refractivity contribution in [2.75, 3.05) is 29.9 Å². The third-order valence-electron chi connectivity index (χ3n) is 7.85. The average molecular weight is 757 g/mol. The van der Waals surface area contributed by atoms with E-state index in [1.165, 1.54) is 42.5 Å². The smallest absolute Gasteiger partial charge is 0.330 e. The Hall–Kier alpha value is -3.77. The number of benzene rings is 3. The number of sulfone groups is 1. The molecule has 0 saturated heterocycles. The first-order valence-corrected chi connectivity index (χ1v) is 18.5. The number of amides is 2. The number of nitrogens with two attached hydrogens (primary N) is 2. The lowest BCUT2D eigenvalue weighted by atomic mass is 9.91. The van der Waals surface area contributed by atoms with Crippen LogP contribution in [0.1, 0.15) is 37.4 Å². The second-order valence-electron chi connectivity index (χ2n) is 11.3. The molecule has 3 aromatic rings. The van der Waals surface area contributed by atoms with Crippen LogP contribution in [0.2, 0.25) is 0 Å². The van der Waals surface area contributed by atoms with Crippen LogP contribution in [0.15, 0.2) is 93.2 Å². The zero-order valence-electron chi connectivity index (χ0n) is 25.9. The molecule has 8 nitrogen and oxygen atoms in total. The molecule has 266 valence electrons. The standard InChI is InChI=1S/C33H30F6N4O4S3/c34-32(35,36)20-3-7-26(48-11-9-40)24(14-20)30(44)42-22-5-1-18-13-19-2-6-23(17-29(19)50(46,47)28(18)16-22)43-31(45)25-15-21(33(37,38)39)4-8-27(25)49-12-10-41/h1-8,14-18,28H,9-13,40-41H2,(H,42,44)(H,43,45). The Labute approximate surface area is 292 Å². The van der Waals surface area contributed by atoms with E-state index in [1.807, 2.05) is 0 Å². The molecule has 50 heavy (non-hydrogen) atoms. The van der Waals surface area contributed by atoms with E-state index in [0.717, 1.165) is 47.8 Å². The van der Waals surface area contributed by atoms with E-state index < -0.39 is 56.3 Å². The van der Waals surface area contributed by atoms with Gasteiger partial charge in [0, 0.05) is 51.7 Å². The summed E-state index contributed by atoms with van der Waals surface area (Å²) in [7, 11) is -4.16. The fourth-order valence-corrected chi connectivity index (χ4v) is 9.19.